The van der Waals surface area contributed by atoms with E-state index in [0.717, 1.165) is 35.9 Å². The fourth-order valence-corrected chi connectivity index (χ4v) is 3.33. The van der Waals surface area contributed by atoms with Crippen molar-refractivity contribution in [2.24, 2.45) is 5.41 Å². The summed E-state index contributed by atoms with van der Waals surface area (Å²) in [5.74, 6) is 1.79. The molecule has 1 saturated heterocycles. The van der Waals surface area contributed by atoms with Crippen molar-refractivity contribution < 1.29 is 0 Å². The van der Waals surface area contributed by atoms with Gasteiger partial charge in [0.1, 0.15) is 5.82 Å². The number of anilines is 1. The van der Waals surface area contributed by atoms with Crippen molar-refractivity contribution in [1.29, 1.82) is 0 Å². The van der Waals surface area contributed by atoms with Crippen LogP contribution in [0.2, 0.25) is 0 Å². The molecule has 5 nitrogen and oxygen atoms in total. The zero-order valence-corrected chi connectivity index (χ0v) is 13.6. The smallest absolute Gasteiger partial charge is 0.185 e. The molecule has 4 rings (SSSR count). The first-order chi connectivity index (χ1) is 11.1. The summed E-state index contributed by atoms with van der Waals surface area (Å²) in [6, 6.07) is 14.1. The summed E-state index contributed by atoms with van der Waals surface area (Å²) in [6.45, 7) is 6.75. The van der Waals surface area contributed by atoms with Crippen LogP contribution in [0.25, 0.3) is 17.0 Å². The van der Waals surface area contributed by atoms with Gasteiger partial charge in [0, 0.05) is 18.7 Å². The molecular formula is C18H21N5. The molecule has 0 amide bonds. The number of hydrogen-bond acceptors (Lipinski definition) is 4. The third-order valence-electron chi connectivity index (χ3n) is 4.51. The Hall–Kier alpha value is -2.43. The van der Waals surface area contributed by atoms with Crippen molar-refractivity contribution in [3.63, 3.8) is 0 Å². The minimum Gasteiger partial charge on any atom is -0.355 e. The Balaban J connectivity index is 1.75. The molecule has 0 radical (unpaired) electrons. The van der Waals surface area contributed by atoms with Crippen molar-refractivity contribution in [3.05, 3.63) is 42.5 Å². The van der Waals surface area contributed by atoms with Gasteiger partial charge in [-0.2, -0.15) is 4.52 Å². The first-order valence-corrected chi connectivity index (χ1v) is 8.15. The van der Waals surface area contributed by atoms with Crippen molar-refractivity contribution in [3.8, 4) is 11.4 Å². The summed E-state index contributed by atoms with van der Waals surface area (Å²) in [6.07, 6.45) is 2.48. The molecule has 1 aliphatic heterocycles. The van der Waals surface area contributed by atoms with E-state index >= 15 is 0 Å². The molecule has 0 unspecified atom stereocenters. The molecule has 3 heterocycles. The molecule has 2 aromatic heterocycles. The Morgan fingerprint density at radius 1 is 1.00 bits per heavy atom. The summed E-state index contributed by atoms with van der Waals surface area (Å²) in [5, 5.41) is 13.4. The fourth-order valence-electron chi connectivity index (χ4n) is 3.33. The standard InChI is InChI=1S/C18H21N5/c1-18(2)11-6-12-22(13-18)16-10-9-15-19-20-17(23(15)21-16)14-7-4-3-5-8-14/h3-5,7-10H,6,11-13H2,1-2H3. The minimum absolute atomic E-state index is 0.338. The maximum absolute atomic E-state index is 4.82. The van der Waals surface area contributed by atoms with E-state index < -0.39 is 0 Å². The number of hydrogen-bond donors (Lipinski definition) is 0. The molecule has 0 spiro atoms. The Kier molecular flexibility index (Phi) is 3.29. The highest BCUT2D eigenvalue weighted by molar-refractivity contribution is 5.59. The Labute approximate surface area is 136 Å². The summed E-state index contributed by atoms with van der Waals surface area (Å²) < 4.78 is 1.85. The van der Waals surface area contributed by atoms with Crippen LogP contribution in [0.3, 0.4) is 0 Å². The normalized spacial score (nSPS) is 17.6. The highest BCUT2D eigenvalue weighted by atomic mass is 15.4. The van der Waals surface area contributed by atoms with Crippen LogP contribution in [0.5, 0.6) is 0 Å². The van der Waals surface area contributed by atoms with Crippen LogP contribution in [0.1, 0.15) is 26.7 Å². The van der Waals surface area contributed by atoms with Gasteiger partial charge in [0.25, 0.3) is 0 Å². The predicted molar refractivity (Wildman–Crippen MR) is 91.4 cm³/mol. The van der Waals surface area contributed by atoms with Crippen LogP contribution in [-0.2, 0) is 0 Å². The van der Waals surface area contributed by atoms with E-state index in [-0.39, 0.29) is 0 Å². The van der Waals surface area contributed by atoms with Crippen molar-refractivity contribution in [1.82, 2.24) is 19.8 Å². The van der Waals surface area contributed by atoms with Gasteiger partial charge in [-0.1, -0.05) is 44.2 Å². The first-order valence-electron chi connectivity index (χ1n) is 8.15. The van der Waals surface area contributed by atoms with Gasteiger partial charge in [0.05, 0.1) is 0 Å². The second-order valence-electron chi connectivity index (χ2n) is 7.04. The van der Waals surface area contributed by atoms with Gasteiger partial charge in [-0.15, -0.1) is 15.3 Å². The maximum atomic E-state index is 4.82. The van der Waals surface area contributed by atoms with E-state index in [1.165, 1.54) is 12.8 Å². The molecule has 0 saturated carbocycles. The van der Waals surface area contributed by atoms with Crippen LogP contribution in [-0.4, -0.2) is 32.9 Å². The molecule has 1 aromatic carbocycles. The number of rotatable bonds is 2. The summed E-state index contributed by atoms with van der Waals surface area (Å²) in [7, 11) is 0. The largest absolute Gasteiger partial charge is 0.355 e. The second-order valence-corrected chi connectivity index (χ2v) is 7.04. The minimum atomic E-state index is 0.338. The van der Waals surface area contributed by atoms with Gasteiger partial charge in [-0.05, 0) is 30.4 Å². The number of fused-ring (bicyclic) bond motifs is 1. The zero-order valence-electron chi connectivity index (χ0n) is 13.6. The number of aromatic nitrogens is 4. The van der Waals surface area contributed by atoms with Crippen molar-refractivity contribution >= 4 is 11.5 Å². The lowest BCUT2D eigenvalue weighted by atomic mass is 9.84. The summed E-state index contributed by atoms with van der Waals surface area (Å²) >= 11 is 0. The molecule has 5 heteroatoms. The maximum Gasteiger partial charge on any atom is 0.185 e. The van der Waals surface area contributed by atoms with Gasteiger partial charge in [-0.25, -0.2) is 0 Å². The molecule has 23 heavy (non-hydrogen) atoms. The molecule has 0 aliphatic carbocycles. The van der Waals surface area contributed by atoms with Crippen LogP contribution in [0.15, 0.2) is 42.5 Å². The quantitative estimate of drug-likeness (QED) is 0.728. The second kappa shape index (κ2) is 5.33. The van der Waals surface area contributed by atoms with Crippen LogP contribution < -0.4 is 4.90 Å². The Morgan fingerprint density at radius 3 is 2.61 bits per heavy atom. The van der Waals surface area contributed by atoms with Gasteiger partial charge >= 0.3 is 0 Å². The van der Waals surface area contributed by atoms with E-state index in [0.29, 0.717) is 5.41 Å². The fraction of sp³-hybridized carbons (Fsp3) is 0.389. The molecule has 118 valence electrons. The highest BCUT2D eigenvalue weighted by Crippen LogP contribution is 2.31. The lowest BCUT2D eigenvalue weighted by molar-refractivity contribution is 0.291. The number of benzene rings is 1. The van der Waals surface area contributed by atoms with Gasteiger partial charge in [0.2, 0.25) is 0 Å². The van der Waals surface area contributed by atoms with Gasteiger partial charge in [0.15, 0.2) is 11.5 Å². The van der Waals surface area contributed by atoms with Crippen LogP contribution in [0, 0.1) is 5.41 Å². The number of nitrogens with zero attached hydrogens (tertiary/aromatic N) is 5. The molecule has 0 N–H and O–H groups in total. The van der Waals surface area contributed by atoms with E-state index in [4.69, 9.17) is 5.10 Å². The van der Waals surface area contributed by atoms with E-state index in [2.05, 4.69) is 35.0 Å². The van der Waals surface area contributed by atoms with Gasteiger partial charge in [-0.3, -0.25) is 0 Å². The van der Waals surface area contributed by atoms with E-state index in [9.17, 15) is 0 Å². The first kappa shape index (κ1) is 14.2. The molecule has 0 atom stereocenters. The molecular weight excluding hydrogens is 286 g/mol. The zero-order chi connectivity index (χ0) is 15.9. The topological polar surface area (TPSA) is 46.3 Å². The highest BCUT2D eigenvalue weighted by Gasteiger charge is 2.27. The number of piperidine rings is 1. The lowest BCUT2D eigenvalue weighted by Crippen LogP contribution is -2.40. The Morgan fingerprint density at radius 2 is 1.83 bits per heavy atom. The molecule has 1 aliphatic rings. The van der Waals surface area contributed by atoms with Crippen molar-refractivity contribution in [2.75, 3.05) is 18.0 Å². The molecule has 0 bridgehead atoms. The SMILES string of the molecule is CC1(C)CCCN(c2ccc3nnc(-c4ccccc4)n3n2)C1. The summed E-state index contributed by atoms with van der Waals surface area (Å²) in [4.78, 5) is 2.37. The monoisotopic (exact) mass is 307 g/mol. The lowest BCUT2D eigenvalue weighted by Gasteiger charge is -2.38. The predicted octanol–water partition coefficient (Wildman–Crippen LogP) is 3.42. The average Bonchev–Trinajstić information content (AvgIpc) is 2.98. The Bertz CT molecular complexity index is 822. The van der Waals surface area contributed by atoms with E-state index in [1.54, 1.807) is 0 Å². The van der Waals surface area contributed by atoms with Crippen LogP contribution in [0.4, 0.5) is 5.82 Å². The van der Waals surface area contributed by atoms with E-state index in [1.807, 2.05) is 40.9 Å². The van der Waals surface area contributed by atoms with Crippen LogP contribution >= 0.6 is 0 Å². The van der Waals surface area contributed by atoms with Crippen molar-refractivity contribution in [2.45, 2.75) is 26.7 Å². The average molecular weight is 307 g/mol. The van der Waals surface area contributed by atoms with Gasteiger partial charge < -0.3 is 4.90 Å². The molecule has 3 aromatic rings. The summed E-state index contributed by atoms with van der Waals surface area (Å²) in [5.41, 5.74) is 2.15. The molecule has 1 fully saturated rings. The third-order valence-corrected chi connectivity index (χ3v) is 4.51. The third kappa shape index (κ3) is 2.67.